The summed E-state index contributed by atoms with van der Waals surface area (Å²) in [5.74, 6) is 1.78. The van der Waals surface area contributed by atoms with Crippen LogP contribution in [0.4, 0.5) is 0 Å². The lowest BCUT2D eigenvalue weighted by Crippen LogP contribution is -2.44. The summed E-state index contributed by atoms with van der Waals surface area (Å²) in [4.78, 5) is 7.16. The van der Waals surface area contributed by atoms with Crippen LogP contribution in [0.3, 0.4) is 0 Å². The molecular weight excluding hydrogens is 288 g/mol. The molecular formula is C18H28N4O. The maximum Gasteiger partial charge on any atom is 0.191 e. The zero-order chi connectivity index (χ0) is 15.7. The Morgan fingerprint density at radius 3 is 2.65 bits per heavy atom. The molecule has 1 heterocycles. The Morgan fingerprint density at radius 2 is 1.91 bits per heavy atom. The fraction of sp³-hybridized carbons (Fsp3) is 0.611. The number of hydrogen-bond acceptors (Lipinski definition) is 3. The molecule has 0 atom stereocenters. The Labute approximate surface area is 139 Å². The van der Waals surface area contributed by atoms with Crippen molar-refractivity contribution >= 4 is 5.96 Å². The summed E-state index contributed by atoms with van der Waals surface area (Å²) in [5, 5.41) is 6.96. The molecule has 0 amide bonds. The van der Waals surface area contributed by atoms with Gasteiger partial charge in [-0.05, 0) is 24.3 Å². The first-order valence-corrected chi connectivity index (χ1v) is 8.76. The molecule has 1 saturated heterocycles. The number of nitrogens with one attached hydrogen (secondary N) is 2. The number of benzene rings is 1. The fourth-order valence-electron chi connectivity index (χ4n) is 2.65. The topological polar surface area (TPSA) is 48.9 Å². The Bertz CT molecular complexity index is 481. The standard InChI is InChI=1S/C18H28N4O/c1-2-4-16(5-3-1)14-20-18(21-15-17-6-7-17)19-8-9-22-10-12-23-13-11-22/h1-5,17H,6-15H2,(H2,19,20,21). The highest BCUT2D eigenvalue weighted by Crippen LogP contribution is 2.27. The van der Waals surface area contributed by atoms with Gasteiger partial charge in [0.05, 0.1) is 19.8 Å². The van der Waals surface area contributed by atoms with E-state index in [-0.39, 0.29) is 0 Å². The number of guanidine groups is 1. The van der Waals surface area contributed by atoms with E-state index in [1.807, 2.05) is 6.07 Å². The fourth-order valence-corrected chi connectivity index (χ4v) is 2.65. The first-order chi connectivity index (χ1) is 11.4. The van der Waals surface area contributed by atoms with Crippen molar-refractivity contribution in [2.45, 2.75) is 19.4 Å². The molecule has 1 aliphatic carbocycles. The molecule has 0 bridgehead atoms. The van der Waals surface area contributed by atoms with Crippen LogP contribution in [0.25, 0.3) is 0 Å². The Hall–Kier alpha value is -1.59. The van der Waals surface area contributed by atoms with Crippen LogP contribution >= 0.6 is 0 Å². The highest BCUT2D eigenvalue weighted by Gasteiger charge is 2.21. The number of morpholine rings is 1. The van der Waals surface area contributed by atoms with Crippen molar-refractivity contribution < 1.29 is 4.74 Å². The maximum atomic E-state index is 5.39. The van der Waals surface area contributed by atoms with Crippen molar-refractivity contribution in [1.82, 2.24) is 15.5 Å². The second-order valence-corrected chi connectivity index (χ2v) is 6.36. The Kier molecular flexibility index (Phi) is 6.29. The predicted molar refractivity (Wildman–Crippen MR) is 93.6 cm³/mol. The molecule has 5 heteroatoms. The molecule has 2 N–H and O–H groups in total. The number of ether oxygens (including phenoxy) is 1. The summed E-state index contributed by atoms with van der Waals surface area (Å²) in [6.07, 6.45) is 2.71. The average molecular weight is 316 g/mol. The molecule has 126 valence electrons. The third-order valence-electron chi connectivity index (χ3n) is 4.34. The van der Waals surface area contributed by atoms with Crippen molar-refractivity contribution in [3.63, 3.8) is 0 Å². The van der Waals surface area contributed by atoms with Crippen molar-refractivity contribution in [1.29, 1.82) is 0 Å². The predicted octanol–water partition coefficient (Wildman–Crippen LogP) is 1.46. The summed E-state index contributed by atoms with van der Waals surface area (Å²) in [7, 11) is 0. The molecule has 1 aliphatic heterocycles. The van der Waals surface area contributed by atoms with Crippen LogP contribution in [0.15, 0.2) is 35.3 Å². The van der Waals surface area contributed by atoms with Crippen molar-refractivity contribution in [2.24, 2.45) is 10.9 Å². The quantitative estimate of drug-likeness (QED) is 0.591. The zero-order valence-electron chi connectivity index (χ0n) is 13.8. The van der Waals surface area contributed by atoms with Gasteiger partial charge in [0.2, 0.25) is 0 Å². The summed E-state index contributed by atoms with van der Waals surface area (Å²) in [6.45, 7) is 7.51. The lowest BCUT2D eigenvalue weighted by atomic mass is 10.2. The minimum absolute atomic E-state index is 0.721. The van der Waals surface area contributed by atoms with Gasteiger partial charge in [0.25, 0.3) is 0 Å². The van der Waals surface area contributed by atoms with Gasteiger partial charge >= 0.3 is 0 Å². The second-order valence-electron chi connectivity index (χ2n) is 6.36. The largest absolute Gasteiger partial charge is 0.379 e. The Morgan fingerprint density at radius 1 is 1.13 bits per heavy atom. The molecule has 2 aliphatic rings. The van der Waals surface area contributed by atoms with Gasteiger partial charge in [0, 0.05) is 32.7 Å². The first kappa shape index (κ1) is 16.3. The normalized spacial score (nSPS) is 19.6. The highest BCUT2D eigenvalue weighted by molar-refractivity contribution is 5.79. The minimum atomic E-state index is 0.721. The van der Waals surface area contributed by atoms with Crippen molar-refractivity contribution in [2.75, 3.05) is 45.9 Å². The van der Waals surface area contributed by atoms with Crippen molar-refractivity contribution in [3.8, 4) is 0 Å². The van der Waals surface area contributed by atoms with Crippen LogP contribution in [0.1, 0.15) is 18.4 Å². The highest BCUT2D eigenvalue weighted by atomic mass is 16.5. The van der Waals surface area contributed by atoms with E-state index in [4.69, 9.17) is 9.73 Å². The van der Waals surface area contributed by atoms with Gasteiger partial charge in [-0.2, -0.15) is 0 Å². The smallest absolute Gasteiger partial charge is 0.191 e. The molecule has 0 radical (unpaired) electrons. The molecule has 0 unspecified atom stereocenters. The van der Waals surface area contributed by atoms with Crippen LogP contribution in [-0.4, -0.2) is 56.8 Å². The third-order valence-corrected chi connectivity index (χ3v) is 4.34. The SMILES string of the molecule is c1ccc(CN=C(NCCN2CCOCC2)NCC2CC2)cc1. The van der Waals surface area contributed by atoms with Gasteiger partial charge < -0.3 is 15.4 Å². The molecule has 1 saturated carbocycles. The van der Waals surface area contributed by atoms with Gasteiger partial charge in [0.1, 0.15) is 0 Å². The molecule has 23 heavy (non-hydrogen) atoms. The van der Waals surface area contributed by atoms with E-state index in [1.54, 1.807) is 0 Å². The molecule has 1 aromatic carbocycles. The van der Waals surface area contributed by atoms with E-state index in [1.165, 1.54) is 18.4 Å². The van der Waals surface area contributed by atoms with E-state index >= 15 is 0 Å². The zero-order valence-corrected chi connectivity index (χ0v) is 13.8. The number of rotatable bonds is 7. The summed E-state index contributed by atoms with van der Waals surface area (Å²) in [5.41, 5.74) is 1.24. The summed E-state index contributed by atoms with van der Waals surface area (Å²) in [6, 6.07) is 10.4. The lowest BCUT2D eigenvalue weighted by molar-refractivity contribution is 0.0389. The van der Waals surface area contributed by atoms with Crippen LogP contribution in [0, 0.1) is 5.92 Å². The van der Waals surface area contributed by atoms with E-state index in [9.17, 15) is 0 Å². The third kappa shape index (κ3) is 6.20. The number of nitrogens with zero attached hydrogens (tertiary/aromatic N) is 2. The molecule has 2 fully saturated rings. The summed E-state index contributed by atoms with van der Waals surface area (Å²) >= 11 is 0. The van der Waals surface area contributed by atoms with Gasteiger partial charge in [-0.25, -0.2) is 4.99 Å². The lowest BCUT2D eigenvalue weighted by Gasteiger charge is -2.26. The maximum absolute atomic E-state index is 5.39. The monoisotopic (exact) mass is 316 g/mol. The van der Waals surface area contributed by atoms with Crippen LogP contribution in [-0.2, 0) is 11.3 Å². The first-order valence-electron chi connectivity index (χ1n) is 8.76. The number of hydrogen-bond donors (Lipinski definition) is 2. The van der Waals surface area contributed by atoms with E-state index in [2.05, 4.69) is 39.8 Å². The van der Waals surface area contributed by atoms with Gasteiger partial charge in [-0.1, -0.05) is 30.3 Å². The summed E-state index contributed by atoms with van der Waals surface area (Å²) < 4.78 is 5.39. The van der Waals surface area contributed by atoms with E-state index in [0.717, 1.165) is 64.4 Å². The average Bonchev–Trinajstić information content (AvgIpc) is 3.43. The molecule has 1 aromatic rings. The van der Waals surface area contributed by atoms with Gasteiger partial charge in [0.15, 0.2) is 5.96 Å². The van der Waals surface area contributed by atoms with E-state index in [0.29, 0.717) is 0 Å². The molecule has 0 aromatic heterocycles. The van der Waals surface area contributed by atoms with Crippen LogP contribution in [0.5, 0.6) is 0 Å². The second kappa shape index (κ2) is 8.89. The van der Waals surface area contributed by atoms with Crippen LogP contribution < -0.4 is 10.6 Å². The molecule has 5 nitrogen and oxygen atoms in total. The van der Waals surface area contributed by atoms with Gasteiger partial charge in [-0.15, -0.1) is 0 Å². The molecule has 3 rings (SSSR count). The van der Waals surface area contributed by atoms with Crippen LogP contribution in [0.2, 0.25) is 0 Å². The number of aliphatic imine (C=N–C) groups is 1. The Balaban J connectivity index is 1.45. The van der Waals surface area contributed by atoms with E-state index < -0.39 is 0 Å². The van der Waals surface area contributed by atoms with Crippen molar-refractivity contribution in [3.05, 3.63) is 35.9 Å². The van der Waals surface area contributed by atoms with Gasteiger partial charge in [-0.3, -0.25) is 4.90 Å². The minimum Gasteiger partial charge on any atom is -0.379 e. The molecule has 0 spiro atoms.